The molecule has 0 radical (unpaired) electrons. The third-order valence-corrected chi connectivity index (χ3v) is 7.32. The molecular formula is C29H34N2O4. The summed E-state index contributed by atoms with van der Waals surface area (Å²) in [6.45, 7) is 6.99. The van der Waals surface area contributed by atoms with Gasteiger partial charge in [-0.05, 0) is 61.2 Å². The Labute approximate surface area is 207 Å². The number of hydrogen-bond donors (Lipinski definition) is 1. The predicted molar refractivity (Wildman–Crippen MR) is 135 cm³/mol. The largest absolute Gasteiger partial charge is 0.454 e. The Morgan fingerprint density at radius 1 is 1.09 bits per heavy atom. The fourth-order valence-electron chi connectivity index (χ4n) is 5.48. The van der Waals surface area contributed by atoms with E-state index in [1.807, 2.05) is 17.0 Å². The van der Waals surface area contributed by atoms with Gasteiger partial charge in [0.15, 0.2) is 11.5 Å². The Morgan fingerprint density at radius 2 is 1.86 bits per heavy atom. The summed E-state index contributed by atoms with van der Waals surface area (Å²) >= 11 is 0. The van der Waals surface area contributed by atoms with Gasteiger partial charge in [-0.15, -0.1) is 0 Å². The molecule has 184 valence electrons. The second-order valence-corrected chi connectivity index (χ2v) is 10.1. The Kier molecular flexibility index (Phi) is 6.99. The minimum absolute atomic E-state index is 0.0205. The van der Waals surface area contributed by atoms with Gasteiger partial charge in [-0.1, -0.05) is 37.8 Å². The van der Waals surface area contributed by atoms with E-state index in [0.717, 1.165) is 37.9 Å². The highest BCUT2D eigenvalue weighted by Gasteiger charge is 2.49. The number of fused-ring (bicyclic) bond motifs is 2. The molecule has 3 aliphatic rings. The maximum absolute atomic E-state index is 13.5. The van der Waals surface area contributed by atoms with Gasteiger partial charge in [0, 0.05) is 48.6 Å². The van der Waals surface area contributed by atoms with Crippen LogP contribution in [0.1, 0.15) is 60.5 Å². The van der Waals surface area contributed by atoms with Gasteiger partial charge in [0.1, 0.15) is 0 Å². The van der Waals surface area contributed by atoms with Crippen molar-refractivity contribution in [3.05, 3.63) is 59.2 Å². The predicted octanol–water partition coefficient (Wildman–Crippen LogP) is 3.88. The molecule has 0 aromatic heterocycles. The monoisotopic (exact) mass is 474 g/mol. The van der Waals surface area contributed by atoms with Crippen molar-refractivity contribution in [1.29, 1.82) is 0 Å². The summed E-state index contributed by atoms with van der Waals surface area (Å²) in [7, 11) is 0. The molecule has 5 rings (SSSR count). The lowest BCUT2D eigenvalue weighted by molar-refractivity contribution is -0.0606. The molecule has 0 aliphatic carbocycles. The lowest BCUT2D eigenvalue weighted by atomic mass is 9.74. The average molecular weight is 475 g/mol. The minimum atomic E-state index is 0.0205. The molecule has 2 aromatic carbocycles. The maximum Gasteiger partial charge on any atom is 0.254 e. The molecule has 2 fully saturated rings. The van der Waals surface area contributed by atoms with Gasteiger partial charge in [0.2, 0.25) is 6.79 Å². The first kappa shape index (κ1) is 23.7. The van der Waals surface area contributed by atoms with Crippen LogP contribution >= 0.6 is 0 Å². The van der Waals surface area contributed by atoms with Gasteiger partial charge in [0.25, 0.3) is 5.91 Å². The molecule has 0 saturated carbocycles. The fourth-order valence-corrected chi connectivity index (χ4v) is 5.48. The van der Waals surface area contributed by atoms with Crippen molar-refractivity contribution < 1.29 is 19.4 Å². The number of aliphatic hydroxyl groups is 1. The number of nitrogens with zero attached hydrogens (tertiary/aromatic N) is 2. The number of rotatable bonds is 4. The molecule has 1 amide bonds. The van der Waals surface area contributed by atoms with Crippen LogP contribution in [0.2, 0.25) is 0 Å². The summed E-state index contributed by atoms with van der Waals surface area (Å²) in [6, 6.07) is 14.1. The van der Waals surface area contributed by atoms with Gasteiger partial charge < -0.3 is 19.5 Å². The van der Waals surface area contributed by atoms with Crippen LogP contribution in [-0.4, -0.2) is 65.9 Å². The van der Waals surface area contributed by atoms with Gasteiger partial charge in [-0.2, -0.15) is 0 Å². The second-order valence-electron chi connectivity index (χ2n) is 10.1. The van der Waals surface area contributed by atoms with E-state index in [4.69, 9.17) is 9.47 Å². The number of amides is 1. The van der Waals surface area contributed by atoms with Crippen LogP contribution in [-0.2, 0) is 0 Å². The SMILES string of the molecule is CC(C)CC#Cc1ccc([C@H]2[C@@H](CO)N3CCCCN(C(=O)c4ccc5c(c4)OCO5)C[C@@H]23)cc1. The van der Waals surface area contributed by atoms with Crippen molar-refractivity contribution in [1.82, 2.24) is 9.80 Å². The third-order valence-electron chi connectivity index (χ3n) is 7.32. The van der Waals surface area contributed by atoms with Gasteiger partial charge in [0.05, 0.1) is 6.61 Å². The second kappa shape index (κ2) is 10.3. The van der Waals surface area contributed by atoms with Crippen molar-refractivity contribution >= 4 is 5.91 Å². The molecule has 6 heteroatoms. The first-order valence-corrected chi connectivity index (χ1v) is 12.7. The van der Waals surface area contributed by atoms with E-state index in [9.17, 15) is 9.90 Å². The number of carbonyl (C=O) groups is 1. The first-order chi connectivity index (χ1) is 17.0. The zero-order chi connectivity index (χ0) is 24.4. The molecule has 0 unspecified atom stereocenters. The minimum Gasteiger partial charge on any atom is -0.454 e. The molecule has 3 aliphatic heterocycles. The quantitative estimate of drug-likeness (QED) is 0.682. The topological polar surface area (TPSA) is 62.2 Å². The summed E-state index contributed by atoms with van der Waals surface area (Å²) in [6.07, 6.45) is 2.85. The summed E-state index contributed by atoms with van der Waals surface area (Å²) in [4.78, 5) is 17.8. The van der Waals surface area contributed by atoms with Crippen LogP contribution in [0.25, 0.3) is 0 Å². The average Bonchev–Trinajstić information content (AvgIpc) is 3.31. The van der Waals surface area contributed by atoms with E-state index in [-0.39, 0.29) is 37.3 Å². The molecule has 2 aromatic rings. The normalized spacial score (nSPS) is 23.5. The molecule has 6 nitrogen and oxygen atoms in total. The van der Waals surface area contributed by atoms with Crippen LogP contribution in [0.3, 0.4) is 0 Å². The van der Waals surface area contributed by atoms with E-state index < -0.39 is 0 Å². The van der Waals surface area contributed by atoms with Crippen LogP contribution < -0.4 is 9.47 Å². The number of carbonyl (C=O) groups excluding carboxylic acids is 1. The highest BCUT2D eigenvalue weighted by atomic mass is 16.7. The first-order valence-electron chi connectivity index (χ1n) is 12.7. The summed E-state index contributed by atoms with van der Waals surface area (Å²) < 4.78 is 10.9. The smallest absolute Gasteiger partial charge is 0.254 e. The van der Waals surface area contributed by atoms with E-state index >= 15 is 0 Å². The highest BCUT2D eigenvalue weighted by Crippen LogP contribution is 2.42. The molecule has 0 spiro atoms. The molecule has 0 bridgehead atoms. The van der Waals surface area contributed by atoms with E-state index in [1.54, 1.807) is 6.07 Å². The van der Waals surface area contributed by atoms with Gasteiger partial charge >= 0.3 is 0 Å². The van der Waals surface area contributed by atoms with Gasteiger partial charge in [-0.3, -0.25) is 9.69 Å². The molecule has 3 atom stereocenters. The number of benzene rings is 2. The molecule has 1 N–H and O–H groups in total. The highest BCUT2D eigenvalue weighted by molar-refractivity contribution is 5.95. The number of aliphatic hydroxyl groups excluding tert-OH is 1. The van der Waals surface area contributed by atoms with Crippen LogP contribution in [0, 0.1) is 17.8 Å². The van der Waals surface area contributed by atoms with Crippen molar-refractivity contribution in [2.45, 2.75) is 51.1 Å². The maximum atomic E-state index is 13.5. The third kappa shape index (κ3) is 4.89. The van der Waals surface area contributed by atoms with E-state index in [0.29, 0.717) is 29.5 Å². The van der Waals surface area contributed by atoms with Crippen molar-refractivity contribution in [2.24, 2.45) is 5.92 Å². The Balaban J connectivity index is 1.34. The Bertz CT molecular complexity index is 1120. The molecule has 35 heavy (non-hydrogen) atoms. The number of ether oxygens (including phenoxy) is 2. The van der Waals surface area contributed by atoms with Crippen LogP contribution in [0.5, 0.6) is 11.5 Å². The zero-order valence-corrected chi connectivity index (χ0v) is 20.6. The Hall–Kier alpha value is -3.01. The van der Waals surface area contributed by atoms with Gasteiger partial charge in [-0.25, -0.2) is 0 Å². The molecule has 3 heterocycles. The lowest BCUT2D eigenvalue weighted by Gasteiger charge is -2.57. The van der Waals surface area contributed by atoms with E-state index in [1.165, 1.54) is 5.56 Å². The summed E-state index contributed by atoms with van der Waals surface area (Å²) in [5.74, 6) is 8.58. The Morgan fingerprint density at radius 3 is 2.63 bits per heavy atom. The summed E-state index contributed by atoms with van der Waals surface area (Å²) in [5, 5.41) is 10.2. The van der Waals surface area contributed by atoms with Crippen LogP contribution in [0.4, 0.5) is 0 Å². The lowest BCUT2D eigenvalue weighted by Crippen LogP contribution is -2.67. The summed E-state index contributed by atoms with van der Waals surface area (Å²) in [5.41, 5.74) is 2.85. The standard InChI is InChI=1S/C29H34N2O4/c1-20(2)6-5-7-21-8-10-22(11-9-21)28-24-17-30(14-3-4-15-31(24)25(28)18-32)29(33)23-12-13-26-27(16-23)35-19-34-26/h8-13,16,20,24-25,28,32H,3-4,6,14-15,17-19H2,1-2H3/t24-,25+,28+/m0/s1. The molecule has 2 saturated heterocycles. The van der Waals surface area contributed by atoms with Crippen molar-refractivity contribution in [3.8, 4) is 23.3 Å². The van der Waals surface area contributed by atoms with E-state index in [2.05, 4.69) is 54.9 Å². The number of hydrogen-bond acceptors (Lipinski definition) is 5. The molecular weight excluding hydrogens is 440 g/mol. The fraction of sp³-hybridized carbons (Fsp3) is 0.483. The van der Waals surface area contributed by atoms with Crippen LogP contribution in [0.15, 0.2) is 42.5 Å². The zero-order valence-electron chi connectivity index (χ0n) is 20.6. The van der Waals surface area contributed by atoms with Crippen molar-refractivity contribution in [3.63, 3.8) is 0 Å². The van der Waals surface area contributed by atoms with Crippen molar-refractivity contribution in [2.75, 3.05) is 33.0 Å².